The van der Waals surface area contributed by atoms with Gasteiger partial charge >= 0.3 is 0 Å². The van der Waals surface area contributed by atoms with Gasteiger partial charge in [-0.3, -0.25) is 0 Å². The Hall–Kier alpha value is -1.57. The Bertz CT molecular complexity index is 667. The van der Waals surface area contributed by atoms with Crippen LogP contribution in [0.25, 0.3) is 0 Å². The van der Waals surface area contributed by atoms with E-state index in [4.69, 9.17) is 4.52 Å². The molecule has 2 rings (SSSR count). The van der Waals surface area contributed by atoms with E-state index in [0.717, 1.165) is 36.9 Å². The van der Waals surface area contributed by atoms with Crippen LogP contribution in [0.1, 0.15) is 49.3 Å². The summed E-state index contributed by atoms with van der Waals surface area (Å²) in [6.07, 6.45) is 0.964. The lowest BCUT2D eigenvalue weighted by Gasteiger charge is -2.11. The second-order valence-corrected chi connectivity index (χ2v) is 6.23. The standard InChI is InChI=1S/C19H28N4O.HI/c1-5-20-19(21-10-9-16-8-6-7-15(4)11-16)22-13-17-12-18(14(2)3)23-24-17;/h6-8,11-12,14H,5,9-10,13H2,1-4H3,(H2,20,21,22);1H. The molecular formula is C19H29IN4O. The summed E-state index contributed by atoms with van der Waals surface area (Å²) in [6.45, 7) is 10.5. The third-order valence-electron chi connectivity index (χ3n) is 3.69. The molecule has 0 spiro atoms. The van der Waals surface area contributed by atoms with Gasteiger partial charge in [-0.25, -0.2) is 4.99 Å². The first-order valence-electron chi connectivity index (χ1n) is 8.61. The minimum Gasteiger partial charge on any atom is -0.359 e. The molecule has 25 heavy (non-hydrogen) atoms. The Morgan fingerprint density at radius 2 is 2.04 bits per heavy atom. The third-order valence-corrected chi connectivity index (χ3v) is 3.69. The first kappa shape index (κ1) is 21.5. The predicted molar refractivity (Wildman–Crippen MR) is 114 cm³/mol. The van der Waals surface area contributed by atoms with E-state index >= 15 is 0 Å². The van der Waals surface area contributed by atoms with E-state index in [0.29, 0.717) is 12.5 Å². The molecular weight excluding hydrogens is 427 g/mol. The highest BCUT2D eigenvalue weighted by atomic mass is 127. The van der Waals surface area contributed by atoms with Crippen LogP contribution in [0.5, 0.6) is 0 Å². The SMILES string of the molecule is CCNC(=NCc1cc(C(C)C)no1)NCCc1cccc(C)c1.I. The van der Waals surface area contributed by atoms with Gasteiger partial charge in [0.2, 0.25) is 0 Å². The van der Waals surface area contributed by atoms with Crippen LogP contribution in [0.3, 0.4) is 0 Å². The van der Waals surface area contributed by atoms with Crippen molar-refractivity contribution in [3.63, 3.8) is 0 Å². The van der Waals surface area contributed by atoms with Crippen LogP contribution >= 0.6 is 24.0 Å². The number of aliphatic imine (C=N–C) groups is 1. The zero-order valence-corrected chi connectivity index (χ0v) is 17.8. The van der Waals surface area contributed by atoms with E-state index in [1.165, 1.54) is 11.1 Å². The van der Waals surface area contributed by atoms with Crippen LogP contribution in [0.4, 0.5) is 0 Å². The molecule has 2 N–H and O–H groups in total. The maximum atomic E-state index is 5.33. The van der Waals surface area contributed by atoms with Gasteiger partial charge in [-0.1, -0.05) is 48.8 Å². The van der Waals surface area contributed by atoms with Gasteiger partial charge in [-0.15, -0.1) is 24.0 Å². The molecule has 0 aliphatic carbocycles. The molecule has 2 aromatic rings. The number of nitrogens with one attached hydrogen (secondary N) is 2. The van der Waals surface area contributed by atoms with E-state index in [1.807, 2.05) is 6.07 Å². The van der Waals surface area contributed by atoms with Crippen molar-refractivity contribution in [2.75, 3.05) is 13.1 Å². The molecule has 0 saturated heterocycles. The molecule has 138 valence electrons. The lowest BCUT2D eigenvalue weighted by atomic mass is 10.1. The highest BCUT2D eigenvalue weighted by Crippen LogP contribution is 2.14. The van der Waals surface area contributed by atoms with Crippen molar-refractivity contribution in [2.45, 2.75) is 46.6 Å². The summed E-state index contributed by atoms with van der Waals surface area (Å²) < 4.78 is 5.33. The number of rotatable bonds is 7. The van der Waals surface area contributed by atoms with Gasteiger partial charge in [0.1, 0.15) is 6.54 Å². The third kappa shape index (κ3) is 7.46. The number of halogens is 1. The normalized spacial score (nSPS) is 11.3. The van der Waals surface area contributed by atoms with Crippen LogP contribution in [0, 0.1) is 6.92 Å². The van der Waals surface area contributed by atoms with Crippen molar-refractivity contribution >= 4 is 29.9 Å². The molecule has 0 saturated carbocycles. The minimum atomic E-state index is 0. The number of nitrogens with zero attached hydrogens (tertiary/aromatic N) is 2. The topological polar surface area (TPSA) is 62.5 Å². The van der Waals surface area contributed by atoms with Crippen LogP contribution in [-0.2, 0) is 13.0 Å². The van der Waals surface area contributed by atoms with E-state index < -0.39 is 0 Å². The van der Waals surface area contributed by atoms with Crippen molar-refractivity contribution < 1.29 is 4.52 Å². The summed E-state index contributed by atoms with van der Waals surface area (Å²) in [7, 11) is 0. The van der Waals surface area contributed by atoms with Crippen molar-refractivity contribution in [3.05, 3.63) is 52.9 Å². The van der Waals surface area contributed by atoms with Crippen LogP contribution < -0.4 is 10.6 Å². The van der Waals surface area contributed by atoms with Crippen molar-refractivity contribution in [1.29, 1.82) is 0 Å². The summed E-state index contributed by atoms with van der Waals surface area (Å²) in [5.74, 6) is 1.95. The largest absolute Gasteiger partial charge is 0.359 e. The molecule has 0 unspecified atom stereocenters. The number of guanidine groups is 1. The zero-order chi connectivity index (χ0) is 17.4. The van der Waals surface area contributed by atoms with Gasteiger partial charge < -0.3 is 15.2 Å². The molecule has 0 radical (unpaired) electrons. The van der Waals surface area contributed by atoms with Gasteiger partial charge in [-0.05, 0) is 31.7 Å². The van der Waals surface area contributed by atoms with Gasteiger partial charge in [-0.2, -0.15) is 0 Å². The molecule has 0 atom stereocenters. The number of hydrogen-bond acceptors (Lipinski definition) is 3. The van der Waals surface area contributed by atoms with Crippen molar-refractivity contribution in [1.82, 2.24) is 15.8 Å². The van der Waals surface area contributed by atoms with Gasteiger partial charge in [0.25, 0.3) is 0 Å². The van der Waals surface area contributed by atoms with Gasteiger partial charge in [0.05, 0.1) is 5.69 Å². The first-order chi connectivity index (χ1) is 11.6. The van der Waals surface area contributed by atoms with Crippen LogP contribution in [-0.4, -0.2) is 24.2 Å². The molecule has 0 fully saturated rings. The lowest BCUT2D eigenvalue weighted by Crippen LogP contribution is -2.38. The second kappa shape index (κ2) is 11.1. The zero-order valence-electron chi connectivity index (χ0n) is 15.5. The van der Waals surface area contributed by atoms with E-state index in [1.54, 1.807) is 0 Å². The number of aryl methyl sites for hydroxylation is 1. The Balaban J connectivity index is 0.00000312. The Morgan fingerprint density at radius 1 is 1.24 bits per heavy atom. The van der Waals surface area contributed by atoms with Gasteiger partial charge in [0.15, 0.2) is 11.7 Å². The Kier molecular flexibility index (Phi) is 9.55. The predicted octanol–water partition coefficient (Wildman–Crippen LogP) is 4.02. The highest BCUT2D eigenvalue weighted by molar-refractivity contribution is 14.0. The van der Waals surface area contributed by atoms with Crippen LogP contribution in [0.2, 0.25) is 0 Å². The maximum Gasteiger partial charge on any atom is 0.191 e. The summed E-state index contributed by atoms with van der Waals surface area (Å²) >= 11 is 0. The van der Waals surface area contributed by atoms with Gasteiger partial charge in [0, 0.05) is 19.2 Å². The number of benzene rings is 1. The lowest BCUT2D eigenvalue weighted by molar-refractivity contribution is 0.376. The van der Waals surface area contributed by atoms with Crippen molar-refractivity contribution in [3.8, 4) is 0 Å². The Labute approximate surface area is 167 Å². The van der Waals surface area contributed by atoms with E-state index in [2.05, 4.69) is 72.7 Å². The highest BCUT2D eigenvalue weighted by Gasteiger charge is 2.07. The number of aromatic nitrogens is 1. The fraction of sp³-hybridized carbons (Fsp3) is 0.474. The second-order valence-electron chi connectivity index (χ2n) is 6.23. The molecule has 0 aliphatic rings. The quantitative estimate of drug-likeness (QED) is 0.375. The average Bonchev–Trinajstić information content (AvgIpc) is 3.02. The molecule has 0 amide bonds. The van der Waals surface area contributed by atoms with E-state index in [9.17, 15) is 0 Å². The smallest absolute Gasteiger partial charge is 0.191 e. The Morgan fingerprint density at radius 3 is 2.68 bits per heavy atom. The molecule has 0 aliphatic heterocycles. The monoisotopic (exact) mass is 456 g/mol. The average molecular weight is 456 g/mol. The minimum absolute atomic E-state index is 0. The molecule has 6 heteroatoms. The summed E-state index contributed by atoms with van der Waals surface area (Å²) in [4.78, 5) is 4.57. The molecule has 1 aromatic carbocycles. The number of hydrogen-bond donors (Lipinski definition) is 2. The molecule has 5 nitrogen and oxygen atoms in total. The fourth-order valence-electron chi connectivity index (χ4n) is 2.37. The fourth-order valence-corrected chi connectivity index (χ4v) is 2.37. The molecule has 1 heterocycles. The summed E-state index contributed by atoms with van der Waals surface area (Å²) in [6, 6.07) is 10.6. The summed E-state index contributed by atoms with van der Waals surface area (Å²) in [5.41, 5.74) is 3.59. The van der Waals surface area contributed by atoms with Crippen LogP contribution in [0.15, 0.2) is 39.8 Å². The molecule has 0 bridgehead atoms. The molecule has 1 aromatic heterocycles. The maximum absolute atomic E-state index is 5.33. The van der Waals surface area contributed by atoms with E-state index in [-0.39, 0.29) is 24.0 Å². The van der Waals surface area contributed by atoms with Crippen molar-refractivity contribution in [2.24, 2.45) is 4.99 Å². The summed E-state index contributed by atoms with van der Waals surface area (Å²) in [5, 5.41) is 10.7. The first-order valence-corrected chi connectivity index (χ1v) is 8.61.